The van der Waals surface area contributed by atoms with Crippen molar-refractivity contribution in [2.24, 2.45) is 0 Å². The molecule has 1 atom stereocenters. The molecule has 0 bridgehead atoms. The first-order valence-corrected chi connectivity index (χ1v) is 6.81. The molecule has 0 saturated carbocycles. The zero-order valence-electron chi connectivity index (χ0n) is 9.07. The number of rotatable bonds is 3. The van der Waals surface area contributed by atoms with Gasteiger partial charge in [0, 0.05) is 25.8 Å². The molecule has 82 valence electrons. The van der Waals surface area contributed by atoms with Crippen LogP contribution in [0.15, 0.2) is 18.3 Å². The van der Waals surface area contributed by atoms with Crippen LogP contribution in [0.3, 0.4) is 0 Å². The smallest absolute Gasteiger partial charge is 0.0594 e. The van der Waals surface area contributed by atoms with Gasteiger partial charge in [-0.05, 0) is 18.0 Å². The third-order valence-corrected chi connectivity index (χ3v) is 3.48. The van der Waals surface area contributed by atoms with E-state index in [-0.39, 0.29) is 0 Å². The number of nitrogens with zero attached hydrogens (tertiary/aromatic N) is 2. The van der Waals surface area contributed by atoms with Crippen LogP contribution in [0.25, 0.3) is 0 Å². The lowest BCUT2D eigenvalue weighted by atomic mass is 10.3. The second-order valence-corrected chi connectivity index (χ2v) is 4.75. The standard InChI is InChI=1S/C11H17N2OP/c1-15-11-3-2-10(12-8-11)9-13-4-6-14-7-5-13/h2-3,8,15H,4-7,9H2,1H3. The van der Waals surface area contributed by atoms with Crippen molar-refractivity contribution in [2.75, 3.05) is 33.0 Å². The van der Waals surface area contributed by atoms with E-state index < -0.39 is 0 Å². The average molecular weight is 224 g/mol. The Hall–Kier alpha value is -0.500. The van der Waals surface area contributed by atoms with Gasteiger partial charge in [-0.1, -0.05) is 14.6 Å². The number of ether oxygens (including phenoxy) is 1. The molecular formula is C11H17N2OP. The Morgan fingerprint density at radius 1 is 1.40 bits per heavy atom. The number of pyridine rings is 1. The summed E-state index contributed by atoms with van der Waals surface area (Å²) in [4.78, 5) is 6.86. The molecule has 0 aliphatic carbocycles. The zero-order chi connectivity index (χ0) is 10.5. The minimum atomic E-state index is 0.838. The van der Waals surface area contributed by atoms with Gasteiger partial charge in [0.05, 0.1) is 18.9 Å². The molecule has 0 aromatic carbocycles. The number of hydrogen-bond acceptors (Lipinski definition) is 3. The molecule has 2 rings (SSSR count). The Labute approximate surface area is 92.6 Å². The highest BCUT2D eigenvalue weighted by Crippen LogP contribution is 2.06. The molecule has 1 unspecified atom stereocenters. The molecule has 1 aromatic rings. The van der Waals surface area contributed by atoms with Gasteiger partial charge < -0.3 is 4.74 Å². The van der Waals surface area contributed by atoms with Crippen LogP contribution in [0.2, 0.25) is 0 Å². The molecule has 4 heteroatoms. The molecule has 0 amide bonds. The Bertz CT molecular complexity index is 296. The quantitative estimate of drug-likeness (QED) is 0.712. The van der Waals surface area contributed by atoms with E-state index in [2.05, 4.69) is 28.7 Å². The number of hydrogen-bond donors (Lipinski definition) is 0. The normalized spacial score (nSPS) is 18.7. The summed E-state index contributed by atoms with van der Waals surface area (Å²) in [5.74, 6) is 0. The van der Waals surface area contributed by atoms with Crippen LogP contribution in [-0.2, 0) is 11.3 Å². The van der Waals surface area contributed by atoms with Crippen molar-refractivity contribution >= 4 is 13.9 Å². The van der Waals surface area contributed by atoms with Gasteiger partial charge in [-0.25, -0.2) is 0 Å². The number of morpholine rings is 1. The second kappa shape index (κ2) is 5.55. The van der Waals surface area contributed by atoms with Crippen LogP contribution in [0, 0.1) is 0 Å². The molecule has 1 aliphatic heterocycles. The van der Waals surface area contributed by atoms with E-state index in [1.165, 1.54) is 11.0 Å². The predicted octanol–water partition coefficient (Wildman–Crippen LogP) is 0.847. The summed E-state index contributed by atoms with van der Waals surface area (Å²) >= 11 is 0. The monoisotopic (exact) mass is 224 g/mol. The molecule has 0 radical (unpaired) electrons. The van der Waals surface area contributed by atoms with Gasteiger partial charge in [-0.3, -0.25) is 9.88 Å². The van der Waals surface area contributed by atoms with Crippen molar-refractivity contribution in [3.05, 3.63) is 24.0 Å². The van der Waals surface area contributed by atoms with Crippen LogP contribution in [-0.4, -0.2) is 42.9 Å². The lowest BCUT2D eigenvalue weighted by Gasteiger charge is -2.26. The summed E-state index contributed by atoms with van der Waals surface area (Å²) in [7, 11) is 0.838. The molecular weight excluding hydrogens is 207 g/mol. The van der Waals surface area contributed by atoms with Crippen molar-refractivity contribution in [3.8, 4) is 0 Å². The van der Waals surface area contributed by atoms with Gasteiger partial charge in [0.15, 0.2) is 0 Å². The first kappa shape index (κ1) is 11.0. The highest BCUT2D eigenvalue weighted by molar-refractivity contribution is 7.46. The Kier molecular flexibility index (Phi) is 4.07. The van der Waals surface area contributed by atoms with E-state index in [9.17, 15) is 0 Å². The van der Waals surface area contributed by atoms with E-state index in [1.54, 1.807) is 0 Å². The van der Waals surface area contributed by atoms with E-state index in [1.807, 2.05) is 6.20 Å². The van der Waals surface area contributed by atoms with Crippen molar-refractivity contribution in [1.82, 2.24) is 9.88 Å². The summed E-state index contributed by atoms with van der Waals surface area (Å²) in [5.41, 5.74) is 1.17. The van der Waals surface area contributed by atoms with Crippen LogP contribution in [0.5, 0.6) is 0 Å². The fourth-order valence-electron chi connectivity index (χ4n) is 1.65. The summed E-state index contributed by atoms with van der Waals surface area (Å²) < 4.78 is 5.31. The van der Waals surface area contributed by atoms with E-state index in [0.29, 0.717) is 0 Å². The van der Waals surface area contributed by atoms with E-state index in [4.69, 9.17) is 4.74 Å². The molecule has 15 heavy (non-hydrogen) atoms. The largest absolute Gasteiger partial charge is 0.379 e. The van der Waals surface area contributed by atoms with Crippen LogP contribution < -0.4 is 5.30 Å². The highest BCUT2D eigenvalue weighted by atomic mass is 31.1. The molecule has 3 nitrogen and oxygen atoms in total. The molecule has 1 aromatic heterocycles. The molecule has 1 saturated heterocycles. The Balaban J connectivity index is 1.91. The lowest BCUT2D eigenvalue weighted by Crippen LogP contribution is -2.35. The fourth-order valence-corrected chi connectivity index (χ4v) is 2.10. The molecule has 1 aliphatic rings. The Morgan fingerprint density at radius 3 is 2.80 bits per heavy atom. The molecule has 0 N–H and O–H groups in total. The van der Waals surface area contributed by atoms with Gasteiger partial charge >= 0.3 is 0 Å². The first-order valence-electron chi connectivity index (χ1n) is 5.31. The zero-order valence-corrected chi connectivity index (χ0v) is 10.1. The second-order valence-electron chi connectivity index (χ2n) is 3.68. The van der Waals surface area contributed by atoms with E-state index in [0.717, 1.165) is 41.4 Å². The SMILES string of the molecule is CPc1ccc(CN2CCOCC2)nc1. The third-order valence-electron chi connectivity index (χ3n) is 2.60. The lowest BCUT2D eigenvalue weighted by molar-refractivity contribution is 0.0336. The van der Waals surface area contributed by atoms with Crippen molar-refractivity contribution < 1.29 is 4.74 Å². The van der Waals surface area contributed by atoms with Crippen molar-refractivity contribution in [1.29, 1.82) is 0 Å². The first-order chi connectivity index (χ1) is 7.38. The molecule has 1 fully saturated rings. The van der Waals surface area contributed by atoms with Gasteiger partial charge in [0.2, 0.25) is 0 Å². The minimum absolute atomic E-state index is 0.838. The highest BCUT2D eigenvalue weighted by Gasteiger charge is 2.10. The van der Waals surface area contributed by atoms with Crippen LogP contribution in [0.1, 0.15) is 5.69 Å². The maximum absolute atomic E-state index is 5.31. The predicted molar refractivity (Wildman–Crippen MR) is 64.2 cm³/mol. The minimum Gasteiger partial charge on any atom is -0.379 e. The van der Waals surface area contributed by atoms with E-state index >= 15 is 0 Å². The van der Waals surface area contributed by atoms with Crippen LogP contribution >= 0.6 is 8.58 Å². The number of aromatic nitrogens is 1. The summed E-state index contributed by atoms with van der Waals surface area (Å²) in [6.07, 6.45) is 1.99. The maximum Gasteiger partial charge on any atom is 0.0594 e. The van der Waals surface area contributed by atoms with Crippen LogP contribution in [0.4, 0.5) is 0 Å². The topological polar surface area (TPSA) is 25.4 Å². The summed E-state index contributed by atoms with van der Waals surface area (Å²) in [6.45, 7) is 6.90. The van der Waals surface area contributed by atoms with Gasteiger partial charge in [-0.2, -0.15) is 0 Å². The van der Waals surface area contributed by atoms with Gasteiger partial charge in [-0.15, -0.1) is 0 Å². The van der Waals surface area contributed by atoms with Crippen molar-refractivity contribution in [3.63, 3.8) is 0 Å². The molecule has 2 heterocycles. The summed E-state index contributed by atoms with van der Waals surface area (Å²) in [6, 6.07) is 4.32. The fraction of sp³-hybridized carbons (Fsp3) is 0.545. The van der Waals surface area contributed by atoms with Gasteiger partial charge in [0.25, 0.3) is 0 Å². The molecule has 0 spiro atoms. The average Bonchev–Trinajstić information content (AvgIpc) is 2.31. The van der Waals surface area contributed by atoms with Crippen molar-refractivity contribution in [2.45, 2.75) is 6.54 Å². The third kappa shape index (κ3) is 3.23. The van der Waals surface area contributed by atoms with Gasteiger partial charge in [0.1, 0.15) is 0 Å². The summed E-state index contributed by atoms with van der Waals surface area (Å²) in [5, 5.41) is 1.33. The Morgan fingerprint density at radius 2 is 2.20 bits per heavy atom. The maximum atomic E-state index is 5.31.